The first kappa shape index (κ1) is 28.1. The minimum atomic E-state index is -0.407. The number of hydrogen-bond donors (Lipinski definition) is 1. The van der Waals surface area contributed by atoms with E-state index in [0.29, 0.717) is 53.2 Å². The zero-order chi connectivity index (χ0) is 28.2. The van der Waals surface area contributed by atoms with Gasteiger partial charge in [-0.1, -0.05) is 26.0 Å². The van der Waals surface area contributed by atoms with Gasteiger partial charge in [0, 0.05) is 32.4 Å². The maximum Gasteiger partial charge on any atom is 0.207 e. The molecule has 212 valence electrons. The summed E-state index contributed by atoms with van der Waals surface area (Å²) in [5.74, 6) is 1.73. The van der Waals surface area contributed by atoms with Crippen LogP contribution in [0, 0.1) is 18.7 Å². The number of thiazole rings is 1. The third-order valence-corrected chi connectivity index (χ3v) is 8.75. The number of rotatable bonds is 13. The highest BCUT2D eigenvalue weighted by Crippen LogP contribution is 2.31. The van der Waals surface area contributed by atoms with Crippen LogP contribution in [0.25, 0.3) is 0 Å². The van der Waals surface area contributed by atoms with E-state index in [1.165, 1.54) is 30.5 Å². The monoisotopic (exact) mass is 565 g/mol. The van der Waals surface area contributed by atoms with Crippen LogP contribution in [0.1, 0.15) is 77.8 Å². The molecule has 0 amide bonds. The van der Waals surface area contributed by atoms with Gasteiger partial charge in [0.25, 0.3) is 0 Å². The predicted molar refractivity (Wildman–Crippen MR) is 154 cm³/mol. The molecule has 2 atom stereocenters. The number of hydrogen-bond acceptors (Lipinski definition) is 9. The summed E-state index contributed by atoms with van der Waals surface area (Å²) in [6, 6.07) is 7.84. The van der Waals surface area contributed by atoms with Crippen molar-refractivity contribution in [2.45, 2.75) is 71.3 Å². The van der Waals surface area contributed by atoms with E-state index < -0.39 is 5.82 Å². The Balaban J connectivity index is 1.14. The second-order valence-electron chi connectivity index (χ2n) is 10.8. The second kappa shape index (κ2) is 12.4. The highest BCUT2D eigenvalue weighted by molar-refractivity contribution is 7.14. The molecular formula is C30H36FN5O3S. The average molecular weight is 566 g/mol. The summed E-state index contributed by atoms with van der Waals surface area (Å²) in [5.41, 5.74) is 1.75. The highest BCUT2D eigenvalue weighted by atomic mass is 32.1. The largest absolute Gasteiger partial charge is 0.489 e. The second-order valence-corrected chi connectivity index (χ2v) is 11.9. The molecule has 0 bridgehead atoms. The Kier molecular flexibility index (Phi) is 8.73. The smallest absolute Gasteiger partial charge is 0.207 e. The van der Waals surface area contributed by atoms with Crippen molar-refractivity contribution in [3.63, 3.8) is 0 Å². The molecule has 0 unspecified atom stereocenters. The van der Waals surface area contributed by atoms with Crippen LogP contribution in [0.5, 0.6) is 5.75 Å². The van der Waals surface area contributed by atoms with Crippen LogP contribution in [0.3, 0.4) is 0 Å². The first-order valence-corrected chi connectivity index (χ1v) is 14.9. The van der Waals surface area contributed by atoms with E-state index in [0.717, 1.165) is 24.3 Å². The number of benzene rings is 1. The van der Waals surface area contributed by atoms with Gasteiger partial charge in [-0.05, 0) is 49.3 Å². The summed E-state index contributed by atoms with van der Waals surface area (Å²) in [5, 5.41) is 3.83. The Hall–Kier alpha value is -3.40. The number of aryl methyl sites for hydroxylation is 1. The molecule has 1 aromatic carbocycles. The Morgan fingerprint density at radius 2 is 1.98 bits per heavy atom. The average Bonchev–Trinajstić information content (AvgIpc) is 3.54. The summed E-state index contributed by atoms with van der Waals surface area (Å²) in [6.45, 7) is 7.64. The molecular weight excluding hydrogens is 529 g/mol. The van der Waals surface area contributed by atoms with E-state index in [1.54, 1.807) is 0 Å². The first-order chi connectivity index (χ1) is 19.3. The molecule has 1 aliphatic heterocycles. The number of ether oxygens (including phenoxy) is 1. The fourth-order valence-electron chi connectivity index (χ4n) is 4.92. The third kappa shape index (κ3) is 6.83. The third-order valence-electron chi connectivity index (χ3n) is 7.55. The summed E-state index contributed by atoms with van der Waals surface area (Å²) in [6.07, 6.45) is 5.60. The van der Waals surface area contributed by atoms with Crippen LogP contribution in [0.2, 0.25) is 0 Å². The fourth-order valence-corrected chi connectivity index (χ4v) is 5.96. The van der Waals surface area contributed by atoms with Crippen LogP contribution in [-0.2, 0) is 11.2 Å². The van der Waals surface area contributed by atoms with Crippen molar-refractivity contribution in [1.82, 2.24) is 15.0 Å². The SMILES string of the molecule is CCC(=O)Cc1nc(C)c(C(=O)C[C@@H](C)c2ccc(O[C@@H]3CCN(c4ncnc(NCC5CC5)c4F)C3)cc2)s1. The molecule has 5 rings (SSSR count). The Bertz CT molecular complexity index is 1360. The van der Waals surface area contributed by atoms with Crippen molar-refractivity contribution in [1.29, 1.82) is 0 Å². The number of anilines is 2. The lowest BCUT2D eigenvalue weighted by molar-refractivity contribution is -0.118. The van der Waals surface area contributed by atoms with Gasteiger partial charge in [0.2, 0.25) is 5.82 Å². The van der Waals surface area contributed by atoms with Crippen molar-refractivity contribution in [2.24, 2.45) is 5.92 Å². The molecule has 40 heavy (non-hydrogen) atoms. The lowest BCUT2D eigenvalue weighted by Crippen LogP contribution is -2.26. The van der Waals surface area contributed by atoms with Gasteiger partial charge in [-0.15, -0.1) is 11.3 Å². The normalized spacial score (nSPS) is 17.6. The standard InChI is InChI=1S/C30H36FN5O3S/c1-4-22(37)14-26-35-19(3)28(40-26)25(38)13-18(2)21-7-9-23(10-8-21)39-24-11-12-36(16-24)30-27(31)29(33-17-34-30)32-15-20-5-6-20/h7-10,17-18,20,24H,4-6,11-16H2,1-3H3,(H,32,33,34)/t18-,24-/m1/s1. The molecule has 0 spiro atoms. The Morgan fingerprint density at radius 3 is 2.70 bits per heavy atom. The molecule has 3 heterocycles. The molecule has 2 fully saturated rings. The summed E-state index contributed by atoms with van der Waals surface area (Å²) < 4.78 is 21.3. The first-order valence-electron chi connectivity index (χ1n) is 14.1. The van der Waals surface area contributed by atoms with Gasteiger partial charge in [0.15, 0.2) is 17.4 Å². The number of nitrogens with one attached hydrogen (secondary N) is 1. The summed E-state index contributed by atoms with van der Waals surface area (Å²) >= 11 is 1.33. The maximum absolute atomic E-state index is 15.0. The number of carbonyl (C=O) groups is 2. The van der Waals surface area contributed by atoms with E-state index >= 15 is 4.39 Å². The van der Waals surface area contributed by atoms with E-state index in [2.05, 4.69) is 20.3 Å². The minimum absolute atomic E-state index is 0.0224. The molecule has 10 heteroatoms. The Labute approximate surface area is 238 Å². The van der Waals surface area contributed by atoms with Gasteiger partial charge in [-0.2, -0.15) is 4.39 Å². The number of aromatic nitrogens is 3. The van der Waals surface area contributed by atoms with Crippen molar-refractivity contribution < 1.29 is 18.7 Å². The fraction of sp³-hybridized carbons (Fsp3) is 0.500. The predicted octanol–water partition coefficient (Wildman–Crippen LogP) is 5.76. The zero-order valence-electron chi connectivity index (χ0n) is 23.3. The topological polar surface area (TPSA) is 97.3 Å². The molecule has 1 N–H and O–H groups in total. The highest BCUT2D eigenvalue weighted by Gasteiger charge is 2.29. The molecule has 1 aliphatic carbocycles. The van der Waals surface area contributed by atoms with Gasteiger partial charge >= 0.3 is 0 Å². The van der Waals surface area contributed by atoms with Crippen LogP contribution in [0.15, 0.2) is 30.6 Å². The quantitative estimate of drug-likeness (QED) is 0.261. The summed E-state index contributed by atoms with van der Waals surface area (Å²) in [7, 11) is 0. The van der Waals surface area contributed by atoms with Crippen LogP contribution >= 0.6 is 11.3 Å². The van der Waals surface area contributed by atoms with Crippen molar-refractivity contribution in [3.8, 4) is 5.75 Å². The van der Waals surface area contributed by atoms with Crippen molar-refractivity contribution >= 4 is 34.5 Å². The number of nitrogens with zero attached hydrogens (tertiary/aromatic N) is 4. The van der Waals surface area contributed by atoms with Crippen molar-refractivity contribution in [2.75, 3.05) is 29.9 Å². The van der Waals surface area contributed by atoms with Crippen LogP contribution < -0.4 is 15.0 Å². The van der Waals surface area contributed by atoms with Crippen LogP contribution in [-0.4, -0.2) is 52.3 Å². The van der Waals surface area contributed by atoms with Gasteiger partial charge < -0.3 is 15.0 Å². The number of ketones is 2. The van der Waals surface area contributed by atoms with Gasteiger partial charge in [-0.3, -0.25) is 9.59 Å². The number of Topliss-reactive ketones (excluding diaryl/α,β-unsaturated/α-hetero) is 2. The van der Waals surface area contributed by atoms with Crippen LogP contribution in [0.4, 0.5) is 16.0 Å². The maximum atomic E-state index is 15.0. The van der Waals surface area contributed by atoms with E-state index in [9.17, 15) is 9.59 Å². The lowest BCUT2D eigenvalue weighted by Gasteiger charge is -2.19. The van der Waals surface area contributed by atoms with E-state index in [4.69, 9.17) is 4.74 Å². The molecule has 8 nitrogen and oxygen atoms in total. The van der Waals surface area contributed by atoms with Gasteiger partial charge in [0.1, 0.15) is 29.0 Å². The molecule has 2 aliphatic rings. The minimum Gasteiger partial charge on any atom is -0.489 e. The number of carbonyl (C=O) groups excluding carboxylic acids is 2. The molecule has 3 aromatic rings. The molecule has 1 saturated heterocycles. The van der Waals surface area contributed by atoms with E-state index in [1.807, 2.05) is 49.9 Å². The Morgan fingerprint density at radius 1 is 1.20 bits per heavy atom. The molecule has 1 saturated carbocycles. The van der Waals surface area contributed by atoms with Gasteiger partial charge in [0.05, 0.1) is 23.5 Å². The summed E-state index contributed by atoms with van der Waals surface area (Å²) in [4.78, 5) is 40.0. The van der Waals surface area contributed by atoms with Crippen molar-refractivity contribution in [3.05, 3.63) is 57.6 Å². The lowest BCUT2D eigenvalue weighted by atomic mass is 9.95. The molecule has 0 radical (unpaired) electrons. The number of halogens is 1. The van der Waals surface area contributed by atoms with Gasteiger partial charge in [-0.25, -0.2) is 15.0 Å². The van der Waals surface area contributed by atoms with E-state index in [-0.39, 0.29) is 35.8 Å². The zero-order valence-corrected chi connectivity index (χ0v) is 24.1. The molecule has 2 aromatic heterocycles.